The van der Waals surface area contributed by atoms with Gasteiger partial charge in [-0.25, -0.2) is 0 Å². The lowest BCUT2D eigenvalue weighted by Crippen LogP contribution is -2.47. The van der Waals surface area contributed by atoms with Crippen molar-refractivity contribution in [3.63, 3.8) is 0 Å². The SMILES string of the molecule is [2H]c1cc(Cl)cc2c1CN(C(=O)C(C)(C)O)CC2. The topological polar surface area (TPSA) is 40.5 Å². The van der Waals surface area contributed by atoms with Crippen LogP contribution in [0.3, 0.4) is 0 Å². The summed E-state index contributed by atoms with van der Waals surface area (Å²) in [6.07, 6.45) is 0.670. The zero-order chi connectivity index (χ0) is 13.5. The number of nitrogens with zero attached hydrogens (tertiary/aromatic N) is 1. The lowest BCUT2D eigenvalue weighted by atomic mass is 9.98. The average molecular weight is 255 g/mol. The fourth-order valence-corrected chi connectivity index (χ4v) is 2.19. The molecule has 0 spiro atoms. The maximum absolute atomic E-state index is 12.0. The Kier molecular flexibility index (Phi) is 2.81. The third-order valence-corrected chi connectivity index (χ3v) is 3.11. The Balaban J connectivity index is 2.28. The Labute approximate surface area is 107 Å². The van der Waals surface area contributed by atoms with Crippen LogP contribution in [0.4, 0.5) is 0 Å². The van der Waals surface area contributed by atoms with Gasteiger partial charge in [-0.3, -0.25) is 4.79 Å². The van der Waals surface area contributed by atoms with Crippen molar-refractivity contribution in [3.05, 3.63) is 34.3 Å². The number of carbonyl (C=O) groups excluding carboxylic acids is 1. The van der Waals surface area contributed by atoms with E-state index in [4.69, 9.17) is 13.0 Å². The molecule has 0 saturated heterocycles. The molecule has 2 rings (SSSR count). The molecule has 0 saturated carbocycles. The number of benzene rings is 1. The van der Waals surface area contributed by atoms with Gasteiger partial charge in [0.1, 0.15) is 5.60 Å². The molecule has 1 amide bonds. The third kappa shape index (κ3) is 2.61. The lowest BCUT2D eigenvalue weighted by Gasteiger charge is -2.32. The van der Waals surface area contributed by atoms with Gasteiger partial charge in [-0.05, 0) is 43.5 Å². The molecule has 1 heterocycles. The van der Waals surface area contributed by atoms with Crippen molar-refractivity contribution in [2.45, 2.75) is 32.4 Å². The highest BCUT2D eigenvalue weighted by atomic mass is 35.5. The molecule has 0 atom stereocenters. The lowest BCUT2D eigenvalue weighted by molar-refractivity contribution is -0.148. The van der Waals surface area contributed by atoms with Gasteiger partial charge in [-0.2, -0.15) is 0 Å². The van der Waals surface area contributed by atoms with Gasteiger partial charge in [-0.1, -0.05) is 17.6 Å². The number of halogens is 1. The van der Waals surface area contributed by atoms with Crippen molar-refractivity contribution in [2.75, 3.05) is 6.54 Å². The second kappa shape index (κ2) is 4.31. The summed E-state index contributed by atoms with van der Waals surface area (Å²) in [6, 6.07) is 3.78. The van der Waals surface area contributed by atoms with E-state index < -0.39 is 5.60 Å². The monoisotopic (exact) mass is 254 g/mol. The molecule has 0 bridgehead atoms. The Morgan fingerprint density at radius 3 is 2.94 bits per heavy atom. The van der Waals surface area contributed by atoms with Crippen LogP contribution < -0.4 is 0 Å². The van der Waals surface area contributed by atoms with E-state index in [9.17, 15) is 9.90 Å². The minimum atomic E-state index is -1.37. The first-order valence-electron chi connectivity index (χ1n) is 6.08. The molecule has 0 unspecified atom stereocenters. The molecule has 0 radical (unpaired) electrons. The van der Waals surface area contributed by atoms with Crippen LogP contribution in [0.1, 0.15) is 26.3 Å². The van der Waals surface area contributed by atoms with E-state index in [1.54, 1.807) is 11.0 Å². The molecule has 0 aliphatic carbocycles. The molecule has 0 aromatic heterocycles. The average Bonchev–Trinajstić information content (AvgIpc) is 2.26. The highest BCUT2D eigenvalue weighted by Gasteiger charge is 2.31. The Morgan fingerprint density at radius 1 is 1.59 bits per heavy atom. The van der Waals surface area contributed by atoms with Gasteiger partial charge in [0.05, 0.1) is 1.37 Å². The van der Waals surface area contributed by atoms with Crippen LogP contribution in [0.2, 0.25) is 5.02 Å². The smallest absolute Gasteiger partial charge is 0.254 e. The van der Waals surface area contributed by atoms with Crippen LogP contribution in [-0.4, -0.2) is 28.1 Å². The Morgan fingerprint density at radius 2 is 2.29 bits per heavy atom. The van der Waals surface area contributed by atoms with Crippen molar-refractivity contribution in [2.24, 2.45) is 0 Å². The van der Waals surface area contributed by atoms with Gasteiger partial charge >= 0.3 is 0 Å². The van der Waals surface area contributed by atoms with E-state index in [1.165, 1.54) is 13.8 Å². The van der Waals surface area contributed by atoms with E-state index in [1.807, 2.05) is 6.07 Å². The predicted octanol–water partition coefficient (Wildman–Crippen LogP) is 2.00. The second-order valence-corrected chi connectivity index (χ2v) is 5.29. The van der Waals surface area contributed by atoms with Crippen LogP contribution in [0.25, 0.3) is 0 Å². The summed E-state index contributed by atoms with van der Waals surface area (Å²) in [5, 5.41) is 10.3. The normalized spacial score (nSPS) is 16.5. The molecule has 3 nitrogen and oxygen atoms in total. The van der Waals surface area contributed by atoms with Gasteiger partial charge in [0.15, 0.2) is 0 Å². The number of hydrogen-bond donors (Lipinski definition) is 1. The molecule has 1 aliphatic rings. The summed E-state index contributed by atoms with van der Waals surface area (Å²) in [6.45, 7) is 3.88. The fraction of sp³-hybridized carbons (Fsp3) is 0.462. The third-order valence-electron chi connectivity index (χ3n) is 2.89. The predicted molar refractivity (Wildman–Crippen MR) is 66.9 cm³/mol. The van der Waals surface area contributed by atoms with Crippen LogP contribution in [0.5, 0.6) is 0 Å². The molecule has 92 valence electrons. The number of carbonyl (C=O) groups is 1. The first-order valence-corrected chi connectivity index (χ1v) is 5.96. The standard InChI is InChI=1S/C13H16ClNO2/c1-13(2,17)12(16)15-6-5-9-7-11(14)4-3-10(9)8-15/h3-4,7,17H,5-6,8H2,1-2H3/i3D. The van der Waals surface area contributed by atoms with Crippen molar-refractivity contribution in [1.29, 1.82) is 0 Å². The maximum Gasteiger partial charge on any atom is 0.254 e. The fourth-order valence-electron chi connectivity index (χ4n) is 2.00. The zero-order valence-electron chi connectivity index (χ0n) is 11.0. The molecule has 4 heteroatoms. The van der Waals surface area contributed by atoms with Crippen molar-refractivity contribution < 1.29 is 11.3 Å². The largest absolute Gasteiger partial charge is 0.381 e. The van der Waals surface area contributed by atoms with Crippen molar-refractivity contribution in [3.8, 4) is 0 Å². The molecule has 0 fully saturated rings. The summed E-state index contributed by atoms with van der Waals surface area (Å²) in [7, 11) is 0. The number of hydrogen-bond acceptors (Lipinski definition) is 2. The summed E-state index contributed by atoms with van der Waals surface area (Å²) in [4.78, 5) is 13.6. The van der Waals surface area contributed by atoms with Crippen LogP contribution in [0, 0.1) is 0 Å². The number of fused-ring (bicyclic) bond motifs is 1. The highest BCUT2D eigenvalue weighted by molar-refractivity contribution is 6.30. The maximum atomic E-state index is 12.0. The van der Waals surface area contributed by atoms with Crippen molar-refractivity contribution >= 4 is 17.5 Å². The minimum Gasteiger partial charge on any atom is -0.381 e. The Bertz CT molecular complexity index is 496. The van der Waals surface area contributed by atoms with Crippen LogP contribution in [0.15, 0.2) is 18.2 Å². The quantitative estimate of drug-likeness (QED) is 0.833. The molecule has 1 N–H and O–H groups in total. The first kappa shape index (κ1) is 11.1. The van der Waals surface area contributed by atoms with E-state index >= 15 is 0 Å². The van der Waals surface area contributed by atoms with Crippen molar-refractivity contribution in [1.82, 2.24) is 4.90 Å². The van der Waals surface area contributed by atoms with Gasteiger partial charge in [0.25, 0.3) is 5.91 Å². The first-order chi connectivity index (χ1) is 8.29. The van der Waals surface area contributed by atoms with Crippen LogP contribution in [-0.2, 0) is 17.8 Å². The minimum absolute atomic E-state index is 0.303. The molecule has 1 aromatic carbocycles. The van der Waals surface area contributed by atoms with E-state index in [-0.39, 0.29) is 5.91 Å². The second-order valence-electron chi connectivity index (χ2n) is 4.86. The van der Waals surface area contributed by atoms with Crippen LogP contribution >= 0.6 is 11.6 Å². The summed E-state index contributed by atoms with van der Waals surface area (Å²) in [5.74, 6) is -0.303. The summed E-state index contributed by atoms with van der Waals surface area (Å²) in [5.41, 5.74) is 0.474. The highest BCUT2D eigenvalue weighted by Crippen LogP contribution is 2.24. The summed E-state index contributed by atoms with van der Waals surface area (Å²) >= 11 is 5.91. The van der Waals surface area contributed by atoms with E-state index in [0.717, 1.165) is 11.1 Å². The molecule has 1 aliphatic heterocycles. The zero-order valence-corrected chi connectivity index (χ0v) is 10.7. The number of aliphatic hydroxyl groups is 1. The summed E-state index contributed by atoms with van der Waals surface area (Å²) < 4.78 is 7.89. The van der Waals surface area contributed by atoms with E-state index in [2.05, 4.69) is 0 Å². The van der Waals surface area contributed by atoms with Gasteiger partial charge < -0.3 is 10.0 Å². The van der Waals surface area contributed by atoms with Gasteiger partial charge in [0.2, 0.25) is 0 Å². The molecular formula is C13H16ClNO2. The number of rotatable bonds is 1. The van der Waals surface area contributed by atoms with Gasteiger partial charge in [0, 0.05) is 18.1 Å². The molecule has 1 aromatic rings. The van der Waals surface area contributed by atoms with E-state index in [0.29, 0.717) is 30.6 Å². The van der Waals surface area contributed by atoms with Gasteiger partial charge in [-0.15, -0.1) is 0 Å². The number of amides is 1. The Hall–Kier alpha value is -1.06. The molecule has 17 heavy (non-hydrogen) atoms. The molecular weight excluding hydrogens is 238 g/mol.